The monoisotopic (exact) mass is 146 g/mol. The molecule has 2 N–H and O–H groups in total. The van der Waals surface area contributed by atoms with Gasteiger partial charge in [-0.15, -0.1) is 0 Å². The molecule has 0 aromatic rings. The van der Waals surface area contributed by atoms with Crippen LogP contribution in [0.25, 0.3) is 0 Å². The third kappa shape index (κ3) is 2.25. The predicted octanol–water partition coefficient (Wildman–Crippen LogP) is 0.873. The zero-order chi connectivity index (χ0) is 8.04. The first-order valence-corrected chi connectivity index (χ1v) is 3.73. The summed E-state index contributed by atoms with van der Waals surface area (Å²) in [6.45, 7) is 4.19. The van der Waals surface area contributed by atoms with E-state index in [1.54, 1.807) is 7.11 Å². The van der Waals surface area contributed by atoms with Crippen LogP contribution in [0.1, 0.15) is 26.7 Å². The molecule has 0 bridgehead atoms. The minimum Gasteiger partial charge on any atom is -0.363 e. The third-order valence-electron chi connectivity index (χ3n) is 1.89. The number of hydrazine groups is 1. The van der Waals surface area contributed by atoms with Crippen molar-refractivity contribution in [3.8, 4) is 0 Å². The van der Waals surface area contributed by atoms with Crippen LogP contribution >= 0.6 is 0 Å². The lowest BCUT2D eigenvalue weighted by Crippen LogP contribution is -2.51. The largest absolute Gasteiger partial charge is 0.363 e. The summed E-state index contributed by atoms with van der Waals surface area (Å²) < 4.78 is 5.30. The topological polar surface area (TPSA) is 33.3 Å². The van der Waals surface area contributed by atoms with Gasteiger partial charge in [-0.1, -0.05) is 13.8 Å². The number of methoxy groups -OCH3 is 1. The molecular weight excluding hydrogens is 128 g/mol. The highest BCUT2D eigenvalue weighted by atomic mass is 16.5. The van der Waals surface area contributed by atoms with Gasteiger partial charge in [0.05, 0.1) is 0 Å². The van der Waals surface area contributed by atoms with Crippen molar-refractivity contribution < 1.29 is 4.74 Å². The van der Waals surface area contributed by atoms with Gasteiger partial charge in [-0.25, -0.2) is 5.43 Å². The third-order valence-corrected chi connectivity index (χ3v) is 1.89. The van der Waals surface area contributed by atoms with Crippen molar-refractivity contribution in [2.45, 2.75) is 32.4 Å². The Morgan fingerprint density at radius 3 is 1.90 bits per heavy atom. The van der Waals surface area contributed by atoms with Gasteiger partial charge in [0.1, 0.15) is 5.72 Å². The van der Waals surface area contributed by atoms with Crippen LogP contribution in [-0.2, 0) is 4.74 Å². The summed E-state index contributed by atoms with van der Waals surface area (Å²) in [4.78, 5) is 0. The van der Waals surface area contributed by atoms with E-state index < -0.39 is 0 Å². The highest BCUT2D eigenvalue weighted by Gasteiger charge is 2.23. The fraction of sp³-hybridized carbons (Fsp3) is 1.00. The second kappa shape index (κ2) is 4.66. The van der Waals surface area contributed by atoms with E-state index in [-0.39, 0.29) is 5.72 Å². The van der Waals surface area contributed by atoms with Gasteiger partial charge in [-0.2, -0.15) is 0 Å². The number of hydrogen-bond acceptors (Lipinski definition) is 3. The van der Waals surface area contributed by atoms with Gasteiger partial charge in [-0.3, -0.25) is 5.43 Å². The lowest BCUT2D eigenvalue weighted by atomic mass is 10.1. The lowest BCUT2D eigenvalue weighted by Gasteiger charge is -2.30. The van der Waals surface area contributed by atoms with Crippen molar-refractivity contribution >= 4 is 0 Å². The van der Waals surface area contributed by atoms with Gasteiger partial charge in [0, 0.05) is 7.11 Å². The molecule has 0 aliphatic rings. The molecular formula is C7H18N2O. The molecule has 3 heteroatoms. The molecule has 0 aliphatic carbocycles. The molecule has 0 radical (unpaired) electrons. The molecule has 0 saturated heterocycles. The summed E-state index contributed by atoms with van der Waals surface area (Å²) in [6.07, 6.45) is 1.92. The highest BCUT2D eigenvalue weighted by Crippen LogP contribution is 2.13. The zero-order valence-electron chi connectivity index (χ0n) is 7.32. The molecule has 0 heterocycles. The van der Waals surface area contributed by atoms with Crippen molar-refractivity contribution in [3.05, 3.63) is 0 Å². The summed E-state index contributed by atoms with van der Waals surface area (Å²) in [5.41, 5.74) is 5.77. The summed E-state index contributed by atoms with van der Waals surface area (Å²) in [5, 5.41) is 0. The molecule has 0 aromatic carbocycles. The fourth-order valence-electron chi connectivity index (χ4n) is 0.994. The average molecular weight is 146 g/mol. The van der Waals surface area contributed by atoms with Crippen LogP contribution in [0.3, 0.4) is 0 Å². The van der Waals surface area contributed by atoms with E-state index in [4.69, 9.17) is 4.74 Å². The normalized spacial score (nSPS) is 12.0. The van der Waals surface area contributed by atoms with Gasteiger partial charge in [0.2, 0.25) is 0 Å². The van der Waals surface area contributed by atoms with Crippen LogP contribution in [0, 0.1) is 0 Å². The predicted molar refractivity (Wildman–Crippen MR) is 42.5 cm³/mol. The second-order valence-corrected chi connectivity index (χ2v) is 2.28. The van der Waals surface area contributed by atoms with Crippen molar-refractivity contribution in [2.24, 2.45) is 0 Å². The first kappa shape index (κ1) is 9.88. The Balaban J connectivity index is 3.87. The van der Waals surface area contributed by atoms with Gasteiger partial charge in [-0.05, 0) is 19.9 Å². The fourth-order valence-corrected chi connectivity index (χ4v) is 0.994. The molecule has 3 nitrogen and oxygen atoms in total. The number of hydrogen-bond donors (Lipinski definition) is 2. The molecule has 62 valence electrons. The van der Waals surface area contributed by atoms with E-state index in [2.05, 4.69) is 24.7 Å². The number of ether oxygens (including phenoxy) is 1. The van der Waals surface area contributed by atoms with Crippen LogP contribution in [-0.4, -0.2) is 19.9 Å². The van der Waals surface area contributed by atoms with Crippen LogP contribution < -0.4 is 10.9 Å². The molecule has 0 saturated carbocycles. The van der Waals surface area contributed by atoms with Crippen LogP contribution in [0.5, 0.6) is 0 Å². The Bertz CT molecular complexity index is 73.4. The van der Waals surface area contributed by atoms with E-state index >= 15 is 0 Å². The molecule has 10 heavy (non-hydrogen) atoms. The first-order chi connectivity index (χ1) is 4.74. The molecule has 0 spiro atoms. The molecule has 0 amide bonds. The van der Waals surface area contributed by atoms with Crippen LogP contribution in [0.4, 0.5) is 0 Å². The maximum Gasteiger partial charge on any atom is 0.130 e. The number of rotatable bonds is 5. The Kier molecular flexibility index (Phi) is 4.60. The Morgan fingerprint density at radius 1 is 1.30 bits per heavy atom. The highest BCUT2D eigenvalue weighted by molar-refractivity contribution is 4.70. The van der Waals surface area contributed by atoms with Crippen molar-refractivity contribution in [2.75, 3.05) is 14.2 Å². The van der Waals surface area contributed by atoms with Gasteiger partial charge in [0.25, 0.3) is 0 Å². The van der Waals surface area contributed by atoms with Crippen molar-refractivity contribution in [1.82, 2.24) is 10.9 Å². The van der Waals surface area contributed by atoms with E-state index in [0.29, 0.717) is 0 Å². The maximum atomic E-state index is 5.30. The molecule has 0 atom stereocenters. The minimum absolute atomic E-state index is 0.186. The maximum absolute atomic E-state index is 5.30. The summed E-state index contributed by atoms with van der Waals surface area (Å²) >= 11 is 0. The lowest BCUT2D eigenvalue weighted by molar-refractivity contribution is -0.0547. The van der Waals surface area contributed by atoms with Gasteiger partial charge >= 0.3 is 0 Å². The van der Waals surface area contributed by atoms with E-state index in [9.17, 15) is 0 Å². The van der Waals surface area contributed by atoms with Crippen molar-refractivity contribution in [1.29, 1.82) is 0 Å². The molecule has 0 fully saturated rings. The van der Waals surface area contributed by atoms with E-state index in [1.165, 1.54) is 0 Å². The minimum atomic E-state index is -0.186. The number of nitrogens with one attached hydrogen (secondary N) is 2. The molecule has 0 aromatic heterocycles. The van der Waals surface area contributed by atoms with Gasteiger partial charge in [0.15, 0.2) is 0 Å². The summed E-state index contributed by atoms with van der Waals surface area (Å²) in [5.74, 6) is 0. The van der Waals surface area contributed by atoms with Crippen LogP contribution in [0.2, 0.25) is 0 Å². The Morgan fingerprint density at radius 2 is 1.80 bits per heavy atom. The summed E-state index contributed by atoms with van der Waals surface area (Å²) in [7, 11) is 3.57. The van der Waals surface area contributed by atoms with Gasteiger partial charge < -0.3 is 4.74 Å². The average Bonchev–Trinajstić information content (AvgIpc) is 2.01. The van der Waals surface area contributed by atoms with E-state index in [0.717, 1.165) is 12.8 Å². The smallest absolute Gasteiger partial charge is 0.130 e. The van der Waals surface area contributed by atoms with Crippen molar-refractivity contribution in [3.63, 3.8) is 0 Å². The quantitative estimate of drug-likeness (QED) is 0.446. The van der Waals surface area contributed by atoms with E-state index in [1.807, 2.05) is 7.05 Å². The Hall–Kier alpha value is -0.120. The standard InChI is InChI=1S/C7H18N2O/c1-5-7(6-2,10-4)9-8-3/h8-9H,5-6H2,1-4H3. The Labute approximate surface area is 63.1 Å². The zero-order valence-corrected chi connectivity index (χ0v) is 7.32. The summed E-state index contributed by atoms with van der Waals surface area (Å²) in [6, 6.07) is 0. The molecule has 0 rings (SSSR count). The molecule has 0 aliphatic heterocycles. The second-order valence-electron chi connectivity index (χ2n) is 2.28. The van der Waals surface area contributed by atoms with Crippen LogP contribution in [0.15, 0.2) is 0 Å². The SMILES string of the molecule is CCC(CC)(NNC)OC. The molecule has 0 unspecified atom stereocenters. The first-order valence-electron chi connectivity index (χ1n) is 3.73.